The van der Waals surface area contributed by atoms with Gasteiger partial charge in [-0.05, 0) is 37.6 Å². The Morgan fingerprint density at radius 2 is 2.05 bits per heavy atom. The molecule has 1 heterocycles. The first-order valence-electron chi connectivity index (χ1n) is 6.02. The zero-order chi connectivity index (χ0) is 13.7. The second kappa shape index (κ2) is 5.95. The van der Waals surface area contributed by atoms with Crippen molar-refractivity contribution in [1.82, 2.24) is 15.3 Å². The maximum atomic E-state index is 11.7. The van der Waals surface area contributed by atoms with Crippen LogP contribution in [0, 0.1) is 13.8 Å². The third kappa shape index (κ3) is 4.06. The molecule has 5 nitrogen and oxygen atoms in total. The SMILES string of the molecule is Cc1cccc(NC(=O)NCc2cc(C)ncn2)c1. The van der Waals surface area contributed by atoms with Crippen LogP contribution in [0.15, 0.2) is 36.7 Å². The van der Waals surface area contributed by atoms with Crippen LogP contribution < -0.4 is 10.6 Å². The number of carbonyl (C=O) groups is 1. The molecule has 0 radical (unpaired) electrons. The number of urea groups is 1. The molecule has 0 aliphatic rings. The average molecular weight is 256 g/mol. The predicted molar refractivity (Wildman–Crippen MR) is 73.8 cm³/mol. The van der Waals surface area contributed by atoms with E-state index in [0.29, 0.717) is 6.54 Å². The van der Waals surface area contributed by atoms with Crippen molar-refractivity contribution in [2.75, 3.05) is 5.32 Å². The molecule has 0 saturated carbocycles. The molecule has 0 aliphatic carbocycles. The molecule has 0 bridgehead atoms. The van der Waals surface area contributed by atoms with E-state index in [0.717, 1.165) is 22.6 Å². The maximum absolute atomic E-state index is 11.7. The molecule has 2 aromatic rings. The summed E-state index contributed by atoms with van der Waals surface area (Å²) in [5.74, 6) is 0. The molecule has 0 atom stereocenters. The van der Waals surface area contributed by atoms with Crippen molar-refractivity contribution in [2.24, 2.45) is 0 Å². The fraction of sp³-hybridized carbons (Fsp3) is 0.214. The molecule has 2 amide bonds. The Hall–Kier alpha value is -2.43. The minimum atomic E-state index is -0.248. The lowest BCUT2D eigenvalue weighted by Crippen LogP contribution is -2.28. The minimum absolute atomic E-state index is 0.248. The average Bonchev–Trinajstić information content (AvgIpc) is 2.36. The van der Waals surface area contributed by atoms with Crippen molar-refractivity contribution in [2.45, 2.75) is 20.4 Å². The Morgan fingerprint density at radius 1 is 1.21 bits per heavy atom. The molecule has 1 aromatic heterocycles. The normalized spacial score (nSPS) is 10.0. The van der Waals surface area contributed by atoms with Crippen LogP contribution in [0.4, 0.5) is 10.5 Å². The monoisotopic (exact) mass is 256 g/mol. The van der Waals surface area contributed by atoms with E-state index in [1.54, 1.807) is 0 Å². The lowest BCUT2D eigenvalue weighted by Gasteiger charge is -2.08. The van der Waals surface area contributed by atoms with E-state index >= 15 is 0 Å². The van der Waals surface area contributed by atoms with E-state index in [2.05, 4.69) is 20.6 Å². The van der Waals surface area contributed by atoms with E-state index in [4.69, 9.17) is 0 Å². The number of anilines is 1. The van der Waals surface area contributed by atoms with E-state index in [9.17, 15) is 4.79 Å². The van der Waals surface area contributed by atoms with Crippen LogP contribution in [-0.4, -0.2) is 16.0 Å². The summed E-state index contributed by atoms with van der Waals surface area (Å²) in [6, 6.07) is 9.23. The highest BCUT2D eigenvalue weighted by Gasteiger charge is 2.02. The summed E-state index contributed by atoms with van der Waals surface area (Å²) in [6.07, 6.45) is 1.49. The quantitative estimate of drug-likeness (QED) is 0.886. The molecule has 0 fully saturated rings. The summed E-state index contributed by atoms with van der Waals surface area (Å²) in [5, 5.41) is 5.53. The summed E-state index contributed by atoms with van der Waals surface area (Å²) < 4.78 is 0. The number of amides is 2. The zero-order valence-corrected chi connectivity index (χ0v) is 11.0. The van der Waals surface area contributed by atoms with Gasteiger partial charge in [-0.25, -0.2) is 14.8 Å². The highest BCUT2D eigenvalue weighted by atomic mass is 16.2. The van der Waals surface area contributed by atoms with Gasteiger partial charge in [-0.1, -0.05) is 12.1 Å². The molecule has 98 valence electrons. The molecule has 2 rings (SSSR count). The third-order valence-electron chi connectivity index (χ3n) is 2.57. The van der Waals surface area contributed by atoms with Crippen LogP contribution in [0.3, 0.4) is 0 Å². The summed E-state index contributed by atoms with van der Waals surface area (Å²) in [6.45, 7) is 4.24. The van der Waals surface area contributed by atoms with Crippen molar-refractivity contribution >= 4 is 11.7 Å². The minimum Gasteiger partial charge on any atom is -0.332 e. The number of benzene rings is 1. The van der Waals surface area contributed by atoms with E-state index in [1.165, 1.54) is 6.33 Å². The first-order valence-corrected chi connectivity index (χ1v) is 6.02. The lowest BCUT2D eigenvalue weighted by atomic mass is 10.2. The lowest BCUT2D eigenvalue weighted by molar-refractivity contribution is 0.251. The van der Waals surface area contributed by atoms with E-state index < -0.39 is 0 Å². The number of hydrogen-bond donors (Lipinski definition) is 2. The summed E-state index contributed by atoms with van der Waals surface area (Å²) >= 11 is 0. The standard InChI is InChI=1S/C14H16N4O/c1-10-4-3-5-12(6-10)18-14(19)15-8-13-7-11(2)16-9-17-13/h3-7,9H,8H2,1-2H3,(H2,15,18,19). The van der Waals surface area contributed by atoms with Crippen molar-refractivity contribution in [1.29, 1.82) is 0 Å². The molecular formula is C14H16N4O. The Morgan fingerprint density at radius 3 is 2.79 bits per heavy atom. The van der Waals surface area contributed by atoms with Gasteiger partial charge in [0.05, 0.1) is 12.2 Å². The van der Waals surface area contributed by atoms with Gasteiger partial charge >= 0.3 is 6.03 Å². The number of nitrogens with one attached hydrogen (secondary N) is 2. The summed E-state index contributed by atoms with van der Waals surface area (Å²) in [5.41, 5.74) is 3.54. The fourth-order valence-corrected chi connectivity index (χ4v) is 1.68. The number of hydrogen-bond acceptors (Lipinski definition) is 3. The summed E-state index contributed by atoms with van der Waals surface area (Å²) in [7, 11) is 0. The summed E-state index contributed by atoms with van der Waals surface area (Å²) in [4.78, 5) is 19.8. The molecular weight excluding hydrogens is 240 g/mol. The van der Waals surface area contributed by atoms with Crippen molar-refractivity contribution in [3.8, 4) is 0 Å². The van der Waals surface area contributed by atoms with Crippen LogP contribution in [0.2, 0.25) is 0 Å². The molecule has 0 unspecified atom stereocenters. The zero-order valence-electron chi connectivity index (χ0n) is 11.0. The van der Waals surface area contributed by atoms with E-state index in [1.807, 2.05) is 44.2 Å². The highest BCUT2D eigenvalue weighted by Crippen LogP contribution is 2.09. The smallest absolute Gasteiger partial charge is 0.319 e. The third-order valence-corrected chi connectivity index (χ3v) is 2.57. The second-order valence-corrected chi connectivity index (χ2v) is 4.33. The Balaban J connectivity index is 1.88. The van der Waals surface area contributed by atoms with Crippen molar-refractivity contribution in [3.63, 3.8) is 0 Å². The second-order valence-electron chi connectivity index (χ2n) is 4.33. The first-order chi connectivity index (χ1) is 9.13. The van der Waals surface area contributed by atoms with Crippen LogP contribution >= 0.6 is 0 Å². The van der Waals surface area contributed by atoms with Gasteiger partial charge in [0.25, 0.3) is 0 Å². The Labute approximate surface area is 112 Å². The van der Waals surface area contributed by atoms with Crippen LogP contribution in [0.1, 0.15) is 17.0 Å². The molecule has 2 N–H and O–H groups in total. The van der Waals surface area contributed by atoms with Crippen LogP contribution in [-0.2, 0) is 6.54 Å². The number of aryl methyl sites for hydroxylation is 2. The number of nitrogens with zero attached hydrogens (tertiary/aromatic N) is 2. The first kappa shape index (κ1) is 13.0. The van der Waals surface area contributed by atoms with Gasteiger partial charge in [-0.15, -0.1) is 0 Å². The Kier molecular flexibility index (Phi) is 4.07. The molecule has 5 heteroatoms. The molecule has 19 heavy (non-hydrogen) atoms. The topological polar surface area (TPSA) is 66.9 Å². The molecule has 0 saturated heterocycles. The number of rotatable bonds is 3. The van der Waals surface area contributed by atoms with Gasteiger partial charge in [0.2, 0.25) is 0 Å². The van der Waals surface area contributed by atoms with Crippen molar-refractivity contribution < 1.29 is 4.79 Å². The van der Waals surface area contributed by atoms with Gasteiger partial charge in [0.1, 0.15) is 6.33 Å². The molecule has 1 aromatic carbocycles. The van der Waals surface area contributed by atoms with E-state index in [-0.39, 0.29) is 6.03 Å². The highest BCUT2D eigenvalue weighted by molar-refractivity contribution is 5.89. The fourth-order valence-electron chi connectivity index (χ4n) is 1.68. The number of carbonyl (C=O) groups excluding carboxylic acids is 1. The Bertz CT molecular complexity index is 583. The van der Waals surface area contributed by atoms with Gasteiger partial charge < -0.3 is 10.6 Å². The van der Waals surface area contributed by atoms with Crippen LogP contribution in [0.25, 0.3) is 0 Å². The predicted octanol–water partition coefficient (Wildman–Crippen LogP) is 2.42. The number of aromatic nitrogens is 2. The van der Waals surface area contributed by atoms with Crippen LogP contribution in [0.5, 0.6) is 0 Å². The molecule has 0 aliphatic heterocycles. The maximum Gasteiger partial charge on any atom is 0.319 e. The van der Waals surface area contributed by atoms with Crippen molar-refractivity contribution in [3.05, 3.63) is 53.6 Å². The molecule has 0 spiro atoms. The van der Waals surface area contributed by atoms with Gasteiger partial charge in [-0.2, -0.15) is 0 Å². The van der Waals surface area contributed by atoms with Gasteiger partial charge in [-0.3, -0.25) is 0 Å². The van der Waals surface area contributed by atoms with Gasteiger partial charge in [0.15, 0.2) is 0 Å². The largest absolute Gasteiger partial charge is 0.332 e. The van der Waals surface area contributed by atoms with Gasteiger partial charge in [0, 0.05) is 11.4 Å².